The number of benzene rings is 1. The molecule has 2 aromatic rings. The van der Waals surface area contributed by atoms with Gasteiger partial charge >= 0.3 is 0 Å². The molecule has 0 amide bonds. The van der Waals surface area contributed by atoms with E-state index in [1.54, 1.807) is 17.4 Å². The van der Waals surface area contributed by atoms with Crippen molar-refractivity contribution in [3.05, 3.63) is 56.2 Å². The third-order valence-electron chi connectivity index (χ3n) is 2.08. The van der Waals surface area contributed by atoms with Gasteiger partial charge in [-0.1, -0.05) is 22.0 Å². The second kappa shape index (κ2) is 4.94. The summed E-state index contributed by atoms with van der Waals surface area (Å²) < 4.78 is 26.8. The minimum Gasteiger partial charge on any atom is -0.204 e. The van der Waals surface area contributed by atoms with E-state index < -0.39 is 11.6 Å². The highest BCUT2D eigenvalue weighted by molar-refractivity contribution is 9.11. The van der Waals surface area contributed by atoms with Crippen LogP contribution in [0.3, 0.4) is 0 Å². The van der Waals surface area contributed by atoms with E-state index in [-0.39, 0.29) is 4.83 Å². The highest BCUT2D eigenvalue weighted by Gasteiger charge is 2.14. The number of thiophene rings is 1. The Hall–Kier alpha value is -0.260. The number of hydrogen-bond acceptors (Lipinski definition) is 1. The number of alkyl halides is 1. The SMILES string of the molecule is Fc1ccc(C(Br)c2ccc(Br)s2)cc1F. The van der Waals surface area contributed by atoms with Crippen molar-refractivity contribution in [3.63, 3.8) is 0 Å². The van der Waals surface area contributed by atoms with Crippen molar-refractivity contribution in [2.75, 3.05) is 0 Å². The summed E-state index contributed by atoms with van der Waals surface area (Å²) in [4.78, 5) is 0.928. The van der Waals surface area contributed by atoms with E-state index in [4.69, 9.17) is 0 Å². The zero-order valence-electron chi connectivity index (χ0n) is 7.88. The van der Waals surface area contributed by atoms with Crippen LogP contribution < -0.4 is 0 Å². The van der Waals surface area contributed by atoms with E-state index in [0.29, 0.717) is 5.56 Å². The second-order valence-corrected chi connectivity index (χ2v) is 6.59. The van der Waals surface area contributed by atoms with Gasteiger partial charge < -0.3 is 0 Å². The van der Waals surface area contributed by atoms with Crippen molar-refractivity contribution in [2.45, 2.75) is 4.83 Å². The molecule has 16 heavy (non-hydrogen) atoms. The van der Waals surface area contributed by atoms with Crippen LogP contribution in [-0.4, -0.2) is 0 Å². The van der Waals surface area contributed by atoms with E-state index >= 15 is 0 Å². The highest BCUT2D eigenvalue weighted by atomic mass is 79.9. The first-order valence-electron chi connectivity index (χ1n) is 4.42. The van der Waals surface area contributed by atoms with Gasteiger partial charge in [-0.2, -0.15) is 0 Å². The molecule has 0 bridgehead atoms. The lowest BCUT2D eigenvalue weighted by molar-refractivity contribution is 0.507. The average molecular weight is 368 g/mol. The maximum atomic E-state index is 13.1. The Kier molecular flexibility index (Phi) is 3.77. The molecular weight excluding hydrogens is 362 g/mol. The van der Waals surface area contributed by atoms with Gasteiger partial charge in [0, 0.05) is 4.88 Å². The zero-order chi connectivity index (χ0) is 11.7. The van der Waals surface area contributed by atoms with Crippen LogP contribution in [0, 0.1) is 11.6 Å². The van der Waals surface area contributed by atoms with E-state index in [9.17, 15) is 8.78 Å². The smallest absolute Gasteiger partial charge is 0.159 e. The molecule has 1 aromatic carbocycles. The summed E-state index contributed by atoms with van der Waals surface area (Å²) in [6.07, 6.45) is 0. The van der Waals surface area contributed by atoms with Gasteiger partial charge in [-0.25, -0.2) is 8.78 Å². The van der Waals surface area contributed by atoms with Gasteiger partial charge in [0.05, 0.1) is 8.61 Å². The fraction of sp³-hybridized carbons (Fsp3) is 0.0909. The van der Waals surface area contributed by atoms with Crippen LogP contribution in [0.25, 0.3) is 0 Å². The molecule has 1 atom stereocenters. The molecule has 0 N–H and O–H groups in total. The second-order valence-electron chi connectivity index (χ2n) is 3.18. The van der Waals surface area contributed by atoms with E-state index in [2.05, 4.69) is 31.9 Å². The van der Waals surface area contributed by atoms with E-state index in [1.165, 1.54) is 6.07 Å². The van der Waals surface area contributed by atoms with Gasteiger partial charge in [-0.15, -0.1) is 11.3 Å². The number of rotatable bonds is 2. The first-order valence-corrected chi connectivity index (χ1v) is 6.94. The summed E-state index contributed by atoms with van der Waals surface area (Å²) in [5.41, 5.74) is 0.702. The molecule has 0 aliphatic rings. The largest absolute Gasteiger partial charge is 0.204 e. The first kappa shape index (κ1) is 12.2. The Morgan fingerprint density at radius 2 is 1.81 bits per heavy atom. The van der Waals surface area contributed by atoms with E-state index in [0.717, 1.165) is 14.7 Å². The lowest BCUT2D eigenvalue weighted by atomic mass is 10.1. The van der Waals surface area contributed by atoms with Crippen LogP contribution in [0.1, 0.15) is 15.3 Å². The van der Waals surface area contributed by atoms with Gasteiger partial charge in [0.25, 0.3) is 0 Å². The molecule has 0 nitrogen and oxygen atoms in total. The normalized spacial score (nSPS) is 12.8. The summed E-state index contributed by atoms with van der Waals surface area (Å²) in [5.74, 6) is -1.65. The van der Waals surface area contributed by atoms with Gasteiger partial charge in [-0.3, -0.25) is 0 Å². The van der Waals surface area contributed by atoms with Crippen LogP contribution >= 0.6 is 43.2 Å². The van der Waals surface area contributed by atoms with Crippen LogP contribution in [0.15, 0.2) is 34.1 Å². The van der Waals surface area contributed by atoms with Crippen molar-refractivity contribution < 1.29 is 8.78 Å². The molecule has 5 heteroatoms. The Labute approximate surface area is 113 Å². The zero-order valence-corrected chi connectivity index (χ0v) is 11.9. The van der Waals surface area contributed by atoms with Gasteiger partial charge in [0.1, 0.15) is 0 Å². The van der Waals surface area contributed by atoms with Crippen molar-refractivity contribution in [1.29, 1.82) is 0 Å². The molecule has 0 saturated carbocycles. The summed E-state index contributed by atoms with van der Waals surface area (Å²) in [6, 6.07) is 7.79. The fourth-order valence-electron chi connectivity index (χ4n) is 1.30. The molecule has 0 spiro atoms. The summed E-state index contributed by atoms with van der Waals surface area (Å²) >= 11 is 8.38. The highest BCUT2D eigenvalue weighted by Crippen LogP contribution is 2.37. The van der Waals surface area contributed by atoms with Gasteiger partial charge in [0.2, 0.25) is 0 Å². The van der Waals surface area contributed by atoms with Crippen LogP contribution in [-0.2, 0) is 0 Å². The summed E-state index contributed by atoms with van der Waals surface area (Å²) in [5, 5.41) is 0. The van der Waals surface area contributed by atoms with Crippen molar-refractivity contribution >= 4 is 43.2 Å². The third kappa shape index (κ3) is 2.52. The number of hydrogen-bond donors (Lipinski definition) is 0. The average Bonchev–Trinajstić information content (AvgIpc) is 2.68. The maximum absolute atomic E-state index is 13.1. The molecule has 0 radical (unpaired) electrons. The predicted octanol–water partition coefficient (Wildman–Crippen LogP) is 5.27. The third-order valence-corrected chi connectivity index (χ3v) is 5.09. The minimum atomic E-state index is -0.823. The van der Waals surface area contributed by atoms with Gasteiger partial charge in [0.15, 0.2) is 11.6 Å². The van der Waals surface area contributed by atoms with Crippen LogP contribution in [0.4, 0.5) is 8.78 Å². The van der Waals surface area contributed by atoms with Gasteiger partial charge in [-0.05, 0) is 45.8 Å². The van der Waals surface area contributed by atoms with Crippen molar-refractivity contribution in [3.8, 4) is 0 Å². The number of halogens is 4. The standard InChI is InChI=1S/C11H6Br2F2S/c12-10-4-3-9(16-10)11(13)6-1-2-7(14)8(15)5-6/h1-5,11H. The quantitative estimate of drug-likeness (QED) is 0.634. The molecule has 2 rings (SSSR count). The van der Waals surface area contributed by atoms with Crippen LogP contribution in [0.2, 0.25) is 0 Å². The Bertz CT molecular complexity index is 510. The molecule has 1 heterocycles. The maximum Gasteiger partial charge on any atom is 0.159 e. The molecule has 1 aromatic heterocycles. The summed E-state index contributed by atoms with van der Waals surface area (Å²) in [7, 11) is 0. The molecule has 0 saturated heterocycles. The molecule has 0 aliphatic heterocycles. The molecular formula is C11H6Br2F2S. The van der Waals surface area contributed by atoms with Crippen molar-refractivity contribution in [2.24, 2.45) is 0 Å². The first-order chi connectivity index (χ1) is 7.58. The monoisotopic (exact) mass is 366 g/mol. The lowest BCUT2D eigenvalue weighted by Crippen LogP contribution is -1.92. The van der Waals surface area contributed by atoms with Crippen molar-refractivity contribution in [1.82, 2.24) is 0 Å². The molecule has 84 valence electrons. The molecule has 1 unspecified atom stereocenters. The summed E-state index contributed by atoms with van der Waals surface area (Å²) in [6.45, 7) is 0. The lowest BCUT2D eigenvalue weighted by Gasteiger charge is -2.08. The topological polar surface area (TPSA) is 0 Å². The van der Waals surface area contributed by atoms with E-state index in [1.807, 2.05) is 12.1 Å². The Morgan fingerprint density at radius 1 is 1.06 bits per heavy atom. The molecule has 0 aliphatic carbocycles. The minimum absolute atomic E-state index is 0.112. The molecule has 0 fully saturated rings. The van der Waals surface area contributed by atoms with Crippen LogP contribution in [0.5, 0.6) is 0 Å². The predicted molar refractivity (Wildman–Crippen MR) is 69.1 cm³/mol. The Morgan fingerprint density at radius 3 is 2.38 bits per heavy atom. The Balaban J connectivity index is 2.33. The fourth-order valence-corrected chi connectivity index (χ4v) is 3.45.